The minimum atomic E-state index is -0.240. The van der Waals surface area contributed by atoms with Crippen LogP contribution in [0.25, 0.3) is 0 Å². The van der Waals surface area contributed by atoms with E-state index in [9.17, 15) is 9.59 Å². The van der Waals surface area contributed by atoms with E-state index >= 15 is 0 Å². The highest BCUT2D eigenvalue weighted by Gasteiger charge is 2.11. The summed E-state index contributed by atoms with van der Waals surface area (Å²) in [5.41, 5.74) is 3.28. The van der Waals surface area contributed by atoms with E-state index in [1.54, 1.807) is 54.9 Å². The third-order valence-electron chi connectivity index (χ3n) is 3.88. The number of carbonyl (C=O) groups is 2. The van der Waals surface area contributed by atoms with Crippen molar-refractivity contribution in [3.63, 3.8) is 0 Å². The zero-order valence-electron chi connectivity index (χ0n) is 13.5. The SMILES string of the molecule is O=C(Nc1ccc(CCO)cc1)c1ccc(C(=O)c2cc[nH]c2)cc1. The molecule has 0 spiro atoms. The predicted octanol–water partition coefficient (Wildman–Crippen LogP) is 3.03. The normalized spacial score (nSPS) is 10.4. The van der Waals surface area contributed by atoms with Crippen LogP contribution in [0.1, 0.15) is 31.8 Å². The molecular formula is C20H18N2O3. The number of aliphatic hydroxyl groups is 1. The fraction of sp³-hybridized carbons (Fsp3) is 0.100. The van der Waals surface area contributed by atoms with E-state index in [1.807, 2.05) is 12.1 Å². The highest BCUT2D eigenvalue weighted by molar-refractivity contribution is 6.10. The van der Waals surface area contributed by atoms with Gasteiger partial charge in [0.05, 0.1) is 0 Å². The summed E-state index contributed by atoms with van der Waals surface area (Å²) in [6.45, 7) is 0.0968. The van der Waals surface area contributed by atoms with E-state index in [0.717, 1.165) is 5.56 Å². The van der Waals surface area contributed by atoms with Crippen molar-refractivity contribution in [2.75, 3.05) is 11.9 Å². The summed E-state index contributed by atoms with van der Waals surface area (Å²) < 4.78 is 0. The fourth-order valence-corrected chi connectivity index (χ4v) is 2.49. The van der Waals surface area contributed by atoms with Gasteiger partial charge in [0, 0.05) is 41.4 Å². The number of hydrogen-bond acceptors (Lipinski definition) is 3. The number of aliphatic hydroxyl groups excluding tert-OH is 1. The summed E-state index contributed by atoms with van der Waals surface area (Å²) in [5.74, 6) is -0.330. The molecule has 3 N–H and O–H groups in total. The Balaban J connectivity index is 1.67. The lowest BCUT2D eigenvalue weighted by atomic mass is 10.0. The van der Waals surface area contributed by atoms with E-state index < -0.39 is 0 Å². The number of nitrogens with one attached hydrogen (secondary N) is 2. The van der Waals surface area contributed by atoms with Crippen LogP contribution in [0.3, 0.4) is 0 Å². The number of benzene rings is 2. The molecule has 0 aliphatic heterocycles. The average Bonchev–Trinajstić information content (AvgIpc) is 3.18. The van der Waals surface area contributed by atoms with Crippen molar-refractivity contribution in [1.29, 1.82) is 0 Å². The van der Waals surface area contributed by atoms with Crippen LogP contribution in [-0.4, -0.2) is 28.4 Å². The Hall–Kier alpha value is -3.18. The van der Waals surface area contributed by atoms with Gasteiger partial charge >= 0.3 is 0 Å². The quantitative estimate of drug-likeness (QED) is 0.606. The van der Waals surface area contributed by atoms with Gasteiger partial charge in [0.15, 0.2) is 5.78 Å². The Morgan fingerprint density at radius 1 is 0.880 bits per heavy atom. The Kier molecular flexibility index (Phi) is 5.06. The Morgan fingerprint density at radius 3 is 2.16 bits per heavy atom. The monoisotopic (exact) mass is 334 g/mol. The van der Waals surface area contributed by atoms with Crippen molar-refractivity contribution >= 4 is 17.4 Å². The van der Waals surface area contributed by atoms with E-state index in [1.165, 1.54) is 0 Å². The first kappa shape index (κ1) is 16.7. The molecule has 0 unspecified atom stereocenters. The number of ketones is 1. The first-order chi connectivity index (χ1) is 12.2. The molecule has 1 aromatic heterocycles. The molecule has 0 aliphatic rings. The van der Waals surface area contributed by atoms with Gasteiger partial charge in [-0.05, 0) is 42.3 Å². The maximum absolute atomic E-state index is 12.3. The van der Waals surface area contributed by atoms with Crippen molar-refractivity contribution in [2.24, 2.45) is 0 Å². The third kappa shape index (κ3) is 4.02. The average molecular weight is 334 g/mol. The molecule has 126 valence electrons. The lowest BCUT2D eigenvalue weighted by molar-refractivity contribution is 0.102. The molecule has 2 aromatic carbocycles. The molecule has 0 bridgehead atoms. The van der Waals surface area contributed by atoms with Gasteiger partial charge in [-0.1, -0.05) is 24.3 Å². The van der Waals surface area contributed by atoms with Crippen molar-refractivity contribution in [2.45, 2.75) is 6.42 Å². The van der Waals surface area contributed by atoms with Crippen LogP contribution in [0.5, 0.6) is 0 Å². The van der Waals surface area contributed by atoms with Gasteiger partial charge in [0.2, 0.25) is 0 Å². The molecular weight excluding hydrogens is 316 g/mol. The molecule has 5 heteroatoms. The first-order valence-corrected chi connectivity index (χ1v) is 7.96. The maximum atomic E-state index is 12.3. The van der Waals surface area contributed by atoms with Crippen molar-refractivity contribution in [3.05, 3.63) is 89.2 Å². The van der Waals surface area contributed by atoms with Crippen molar-refractivity contribution in [3.8, 4) is 0 Å². The van der Waals surface area contributed by atoms with Crippen LogP contribution in [-0.2, 0) is 6.42 Å². The van der Waals surface area contributed by atoms with E-state index in [0.29, 0.717) is 28.8 Å². The van der Waals surface area contributed by atoms with Gasteiger partial charge in [0.25, 0.3) is 5.91 Å². The number of aromatic amines is 1. The standard InChI is InChI=1S/C20H18N2O3/c23-12-10-14-1-7-18(8-2-14)22-20(25)16-5-3-15(4-6-16)19(24)17-9-11-21-13-17/h1-9,11,13,21,23H,10,12H2,(H,22,25). The summed E-state index contributed by atoms with van der Waals surface area (Å²) in [4.78, 5) is 27.4. The zero-order chi connectivity index (χ0) is 17.6. The molecule has 3 rings (SSSR count). The Morgan fingerprint density at radius 2 is 1.56 bits per heavy atom. The number of aromatic nitrogens is 1. The lowest BCUT2D eigenvalue weighted by Gasteiger charge is -2.07. The molecule has 5 nitrogen and oxygen atoms in total. The Labute approximate surface area is 145 Å². The van der Waals surface area contributed by atoms with Gasteiger partial charge in [-0.25, -0.2) is 0 Å². The maximum Gasteiger partial charge on any atom is 0.255 e. The first-order valence-electron chi connectivity index (χ1n) is 7.96. The third-order valence-corrected chi connectivity index (χ3v) is 3.88. The van der Waals surface area contributed by atoms with Crippen molar-refractivity contribution < 1.29 is 14.7 Å². The van der Waals surface area contributed by atoms with Gasteiger partial charge < -0.3 is 15.4 Å². The summed E-state index contributed by atoms with van der Waals surface area (Å²) in [7, 11) is 0. The molecule has 0 aliphatic carbocycles. The van der Waals surface area contributed by atoms with E-state index in [-0.39, 0.29) is 18.3 Å². The van der Waals surface area contributed by atoms with Gasteiger partial charge in [-0.15, -0.1) is 0 Å². The number of amides is 1. The molecule has 1 heterocycles. The molecule has 0 fully saturated rings. The van der Waals surface area contributed by atoms with Crippen LogP contribution >= 0.6 is 0 Å². The van der Waals surface area contributed by atoms with Crippen LogP contribution in [0.4, 0.5) is 5.69 Å². The van der Waals surface area contributed by atoms with Gasteiger partial charge in [-0.3, -0.25) is 9.59 Å². The highest BCUT2D eigenvalue weighted by Crippen LogP contribution is 2.14. The second-order valence-electron chi connectivity index (χ2n) is 5.63. The smallest absolute Gasteiger partial charge is 0.255 e. The van der Waals surface area contributed by atoms with Crippen molar-refractivity contribution in [1.82, 2.24) is 4.98 Å². The summed E-state index contributed by atoms with van der Waals surface area (Å²) >= 11 is 0. The van der Waals surface area contributed by atoms with Gasteiger partial charge in [0.1, 0.15) is 0 Å². The highest BCUT2D eigenvalue weighted by atomic mass is 16.3. The molecule has 1 amide bonds. The molecule has 0 atom stereocenters. The summed E-state index contributed by atoms with van der Waals surface area (Å²) in [5, 5.41) is 11.7. The Bertz CT molecular complexity index is 851. The molecule has 25 heavy (non-hydrogen) atoms. The minimum absolute atomic E-state index is 0.0901. The molecule has 0 saturated carbocycles. The van der Waals surface area contributed by atoms with E-state index in [4.69, 9.17) is 5.11 Å². The largest absolute Gasteiger partial charge is 0.396 e. The minimum Gasteiger partial charge on any atom is -0.396 e. The van der Waals surface area contributed by atoms with E-state index in [2.05, 4.69) is 10.3 Å². The number of carbonyl (C=O) groups excluding carboxylic acids is 2. The lowest BCUT2D eigenvalue weighted by Crippen LogP contribution is -2.12. The number of hydrogen-bond donors (Lipinski definition) is 3. The van der Waals surface area contributed by atoms with Crippen LogP contribution in [0, 0.1) is 0 Å². The topological polar surface area (TPSA) is 82.2 Å². The summed E-state index contributed by atoms with van der Waals surface area (Å²) in [6.07, 6.45) is 3.93. The fourth-order valence-electron chi connectivity index (χ4n) is 2.49. The number of rotatable bonds is 6. The second-order valence-corrected chi connectivity index (χ2v) is 5.63. The van der Waals surface area contributed by atoms with Crippen LogP contribution < -0.4 is 5.32 Å². The van der Waals surface area contributed by atoms with Crippen LogP contribution in [0.2, 0.25) is 0 Å². The van der Waals surface area contributed by atoms with Crippen LogP contribution in [0.15, 0.2) is 67.0 Å². The second kappa shape index (κ2) is 7.59. The van der Waals surface area contributed by atoms with Gasteiger partial charge in [-0.2, -0.15) is 0 Å². The predicted molar refractivity (Wildman–Crippen MR) is 95.9 cm³/mol. The summed E-state index contributed by atoms with van der Waals surface area (Å²) in [6, 6.07) is 15.6. The molecule has 0 radical (unpaired) electrons. The molecule has 0 saturated heterocycles. The zero-order valence-corrected chi connectivity index (χ0v) is 13.5. The number of anilines is 1. The number of H-pyrrole nitrogens is 1. The molecule has 3 aromatic rings.